The molecule has 0 bridgehead atoms. The van der Waals surface area contributed by atoms with E-state index in [0.717, 1.165) is 12.0 Å². The molecule has 23 heavy (non-hydrogen) atoms. The van der Waals surface area contributed by atoms with Crippen molar-refractivity contribution in [2.24, 2.45) is 0 Å². The van der Waals surface area contributed by atoms with Crippen LogP contribution < -0.4 is 10.1 Å². The number of hydrogen-bond acceptors (Lipinski definition) is 3. The van der Waals surface area contributed by atoms with Gasteiger partial charge in [-0.15, -0.1) is 0 Å². The van der Waals surface area contributed by atoms with Gasteiger partial charge in [-0.1, -0.05) is 50.2 Å². The van der Waals surface area contributed by atoms with Crippen LogP contribution in [0, 0.1) is 0 Å². The smallest absolute Gasteiger partial charge is 0.160 e. The molecule has 0 aromatic heterocycles. The molecule has 0 aliphatic carbocycles. The molecule has 0 fully saturated rings. The molecular formula is C20H27NO2. The van der Waals surface area contributed by atoms with Crippen molar-refractivity contribution in [3.63, 3.8) is 0 Å². The van der Waals surface area contributed by atoms with Gasteiger partial charge in [-0.2, -0.15) is 0 Å². The Balaban J connectivity index is 2.33. The molecule has 0 saturated carbocycles. The second kappa shape index (κ2) is 8.02. The summed E-state index contributed by atoms with van der Waals surface area (Å²) in [7, 11) is 1.58. The highest BCUT2D eigenvalue weighted by molar-refractivity contribution is 5.45. The quantitative estimate of drug-likeness (QED) is 0.800. The van der Waals surface area contributed by atoms with Crippen molar-refractivity contribution in [1.29, 1.82) is 0 Å². The van der Waals surface area contributed by atoms with Gasteiger partial charge < -0.3 is 15.2 Å². The van der Waals surface area contributed by atoms with E-state index in [4.69, 9.17) is 4.74 Å². The lowest BCUT2D eigenvalue weighted by molar-refractivity contribution is 0.372. The Morgan fingerprint density at radius 3 is 2.30 bits per heavy atom. The number of hydrogen-bond donors (Lipinski definition) is 2. The van der Waals surface area contributed by atoms with Crippen LogP contribution in [0.2, 0.25) is 0 Å². The van der Waals surface area contributed by atoms with Gasteiger partial charge in [-0.3, -0.25) is 0 Å². The topological polar surface area (TPSA) is 41.5 Å². The molecule has 2 N–H and O–H groups in total. The first-order chi connectivity index (χ1) is 11.0. The van der Waals surface area contributed by atoms with Crippen molar-refractivity contribution in [3.8, 4) is 11.5 Å². The molecule has 124 valence electrons. The Kier molecular flexibility index (Phi) is 6.05. The van der Waals surface area contributed by atoms with Gasteiger partial charge in [-0.05, 0) is 36.6 Å². The number of ether oxygens (including phenoxy) is 1. The molecule has 2 atom stereocenters. The maximum atomic E-state index is 9.85. The number of aromatic hydroxyl groups is 1. The van der Waals surface area contributed by atoms with Crippen LogP contribution in [0.15, 0.2) is 48.5 Å². The molecule has 3 nitrogen and oxygen atoms in total. The molecule has 3 heteroatoms. The summed E-state index contributed by atoms with van der Waals surface area (Å²) in [5.74, 6) is 0.955. The highest BCUT2D eigenvalue weighted by Crippen LogP contribution is 2.35. The normalized spacial score (nSPS) is 13.8. The van der Waals surface area contributed by atoms with E-state index in [1.165, 1.54) is 5.56 Å². The first-order valence-corrected chi connectivity index (χ1v) is 8.19. The van der Waals surface area contributed by atoms with Crippen molar-refractivity contribution in [3.05, 3.63) is 59.7 Å². The number of benzene rings is 2. The predicted molar refractivity (Wildman–Crippen MR) is 95.3 cm³/mol. The summed E-state index contributed by atoms with van der Waals surface area (Å²) < 4.78 is 5.28. The maximum Gasteiger partial charge on any atom is 0.160 e. The van der Waals surface area contributed by atoms with Crippen LogP contribution in [0.1, 0.15) is 44.2 Å². The molecule has 2 unspecified atom stereocenters. The number of nitrogens with one attached hydrogen (secondary N) is 1. The fourth-order valence-corrected chi connectivity index (χ4v) is 3.05. The summed E-state index contributed by atoms with van der Waals surface area (Å²) in [6.07, 6.45) is 0.982. The van der Waals surface area contributed by atoms with E-state index < -0.39 is 0 Å². The summed E-state index contributed by atoms with van der Waals surface area (Å²) in [6, 6.07) is 17.0. The molecule has 2 rings (SSSR count). The zero-order valence-corrected chi connectivity index (χ0v) is 14.4. The minimum Gasteiger partial charge on any atom is -0.504 e. The molecule has 0 amide bonds. The lowest BCUT2D eigenvalue weighted by Gasteiger charge is -2.25. The third kappa shape index (κ3) is 4.73. The van der Waals surface area contributed by atoms with Crippen LogP contribution in [-0.4, -0.2) is 24.3 Å². The van der Waals surface area contributed by atoms with Gasteiger partial charge >= 0.3 is 0 Å². The number of phenols is 1. The fraction of sp³-hybridized carbons (Fsp3) is 0.400. The lowest BCUT2D eigenvalue weighted by Crippen LogP contribution is -2.33. The van der Waals surface area contributed by atoms with E-state index in [0.29, 0.717) is 17.8 Å². The maximum absolute atomic E-state index is 9.85. The first-order valence-electron chi connectivity index (χ1n) is 8.19. The standard InChI is InChI=1S/C20H27NO2/c1-14(2)21-15(3)12-18(16-8-6-5-7-9-16)17-10-11-19(22)20(13-17)23-4/h5-11,13-15,18,21-22H,12H2,1-4H3. The molecule has 0 heterocycles. The van der Waals surface area contributed by atoms with Crippen molar-refractivity contribution < 1.29 is 9.84 Å². The summed E-state index contributed by atoms with van der Waals surface area (Å²) in [5.41, 5.74) is 2.43. The van der Waals surface area contributed by atoms with Gasteiger partial charge in [0.2, 0.25) is 0 Å². The van der Waals surface area contributed by atoms with Gasteiger partial charge in [0.15, 0.2) is 11.5 Å². The summed E-state index contributed by atoms with van der Waals surface area (Å²) in [4.78, 5) is 0. The Hall–Kier alpha value is -2.00. The summed E-state index contributed by atoms with van der Waals surface area (Å²) >= 11 is 0. The van der Waals surface area contributed by atoms with Crippen molar-refractivity contribution >= 4 is 0 Å². The highest BCUT2D eigenvalue weighted by Gasteiger charge is 2.19. The Morgan fingerprint density at radius 1 is 1.00 bits per heavy atom. The highest BCUT2D eigenvalue weighted by atomic mass is 16.5. The van der Waals surface area contributed by atoms with E-state index >= 15 is 0 Å². The minimum atomic E-state index is 0.177. The zero-order valence-electron chi connectivity index (χ0n) is 14.4. The van der Waals surface area contributed by atoms with Crippen molar-refractivity contribution in [1.82, 2.24) is 5.32 Å². The second-order valence-electron chi connectivity index (χ2n) is 6.35. The SMILES string of the molecule is COc1cc(C(CC(C)NC(C)C)c2ccccc2)ccc1O. The first kappa shape index (κ1) is 17.4. The lowest BCUT2D eigenvalue weighted by atomic mass is 9.86. The van der Waals surface area contributed by atoms with Gasteiger partial charge in [-0.25, -0.2) is 0 Å². The van der Waals surface area contributed by atoms with Crippen LogP contribution in [-0.2, 0) is 0 Å². The Morgan fingerprint density at radius 2 is 1.70 bits per heavy atom. The number of rotatable bonds is 7. The van der Waals surface area contributed by atoms with E-state index in [1.54, 1.807) is 13.2 Å². The molecule has 2 aromatic carbocycles. The van der Waals surface area contributed by atoms with E-state index in [2.05, 4.69) is 50.4 Å². The van der Waals surface area contributed by atoms with Crippen LogP contribution in [0.25, 0.3) is 0 Å². The Bertz CT molecular complexity index is 610. The van der Waals surface area contributed by atoms with Crippen molar-refractivity contribution in [2.75, 3.05) is 7.11 Å². The van der Waals surface area contributed by atoms with Crippen LogP contribution in [0.3, 0.4) is 0 Å². The molecule has 2 aromatic rings. The molecule has 0 aliphatic rings. The molecule has 0 aliphatic heterocycles. The minimum absolute atomic E-state index is 0.177. The van der Waals surface area contributed by atoms with Crippen molar-refractivity contribution in [2.45, 2.75) is 45.2 Å². The second-order valence-corrected chi connectivity index (χ2v) is 6.35. The average molecular weight is 313 g/mol. The molecule has 0 radical (unpaired) electrons. The molecule has 0 spiro atoms. The zero-order chi connectivity index (χ0) is 16.8. The van der Waals surface area contributed by atoms with Gasteiger partial charge in [0.05, 0.1) is 7.11 Å². The predicted octanol–water partition coefficient (Wildman–Crippen LogP) is 4.31. The third-order valence-corrected chi connectivity index (χ3v) is 4.02. The van der Waals surface area contributed by atoms with Gasteiger partial charge in [0, 0.05) is 18.0 Å². The monoisotopic (exact) mass is 313 g/mol. The average Bonchev–Trinajstić information content (AvgIpc) is 2.53. The van der Waals surface area contributed by atoms with Gasteiger partial charge in [0.25, 0.3) is 0 Å². The van der Waals surface area contributed by atoms with Crippen LogP contribution in [0.5, 0.6) is 11.5 Å². The van der Waals surface area contributed by atoms with E-state index in [9.17, 15) is 5.11 Å². The number of phenolic OH excluding ortho intramolecular Hbond substituents is 1. The summed E-state index contributed by atoms with van der Waals surface area (Å²) in [5, 5.41) is 13.4. The van der Waals surface area contributed by atoms with E-state index in [1.807, 2.05) is 18.2 Å². The Labute approximate surface area is 139 Å². The molecular weight excluding hydrogens is 286 g/mol. The summed E-state index contributed by atoms with van der Waals surface area (Å²) in [6.45, 7) is 6.54. The van der Waals surface area contributed by atoms with Crippen LogP contribution in [0.4, 0.5) is 0 Å². The largest absolute Gasteiger partial charge is 0.504 e. The fourth-order valence-electron chi connectivity index (χ4n) is 3.05. The van der Waals surface area contributed by atoms with E-state index in [-0.39, 0.29) is 11.7 Å². The van der Waals surface area contributed by atoms with Gasteiger partial charge in [0.1, 0.15) is 0 Å². The third-order valence-electron chi connectivity index (χ3n) is 4.02. The number of methoxy groups -OCH3 is 1. The molecule has 0 saturated heterocycles. The van der Waals surface area contributed by atoms with Crippen LogP contribution >= 0.6 is 0 Å².